The zero-order chi connectivity index (χ0) is 26.8. The van der Waals surface area contributed by atoms with E-state index < -0.39 is 0 Å². The molecule has 3 heterocycles. The molecule has 4 aromatic rings. The lowest BCUT2D eigenvalue weighted by Crippen LogP contribution is -2.29. The Balaban J connectivity index is 1.57. The van der Waals surface area contributed by atoms with Crippen LogP contribution >= 0.6 is 12.2 Å². The Labute approximate surface area is 226 Å². The number of aromatic nitrogens is 2. The Morgan fingerprint density at radius 1 is 1.08 bits per heavy atom. The van der Waals surface area contributed by atoms with Crippen LogP contribution in [0.15, 0.2) is 79.0 Å². The fraction of sp³-hybridized carbons (Fsp3) is 0.207. The van der Waals surface area contributed by atoms with Crippen LogP contribution in [0.4, 0.5) is 15.8 Å². The Morgan fingerprint density at radius 2 is 1.79 bits per heavy atom. The topological polar surface area (TPSA) is 71.4 Å². The number of halogens is 1. The molecule has 2 N–H and O–H groups in total. The maximum absolute atomic E-state index is 13.6. The molecule has 1 fully saturated rings. The predicted molar refractivity (Wildman–Crippen MR) is 150 cm³/mol. The van der Waals surface area contributed by atoms with Crippen LogP contribution in [0.2, 0.25) is 0 Å². The Bertz CT molecular complexity index is 1460. The number of aryl methyl sites for hydroxylation is 1. The first-order valence-corrected chi connectivity index (χ1v) is 12.6. The highest BCUT2D eigenvalue weighted by atomic mass is 32.1. The number of nitrogens with one attached hydrogen (secondary N) is 2. The van der Waals surface area contributed by atoms with Crippen molar-refractivity contribution in [2.24, 2.45) is 0 Å². The van der Waals surface area contributed by atoms with Crippen LogP contribution in [-0.2, 0) is 9.53 Å². The highest BCUT2D eigenvalue weighted by molar-refractivity contribution is 7.80. The van der Waals surface area contributed by atoms with Crippen molar-refractivity contribution in [3.63, 3.8) is 0 Å². The van der Waals surface area contributed by atoms with E-state index >= 15 is 0 Å². The third-order valence-electron chi connectivity index (χ3n) is 6.68. The number of rotatable bonds is 7. The third kappa shape index (κ3) is 4.90. The number of thiocarbonyl (C=S) groups is 1. The molecule has 38 heavy (non-hydrogen) atoms. The summed E-state index contributed by atoms with van der Waals surface area (Å²) in [6.45, 7) is 4.09. The first kappa shape index (κ1) is 25.6. The molecule has 1 saturated heterocycles. The standard InChI is InChI=1S/C29H28FN5O2S/c1-18-16-24(19(2)34(18)22-11-7-20(30)8-12-22)28-27(25-6-4-5-15-31-25)33-29(38)35(28)23-13-9-21(10-14-23)32-26(36)17-37-3/h4-16,27-28H,17H2,1-3H3,(H,32,36)(H,33,38)/t27-,28-/m0/s1. The highest BCUT2D eigenvalue weighted by Gasteiger charge is 2.42. The first-order chi connectivity index (χ1) is 18.4. The summed E-state index contributed by atoms with van der Waals surface area (Å²) < 4.78 is 20.7. The molecular weight excluding hydrogens is 501 g/mol. The smallest absolute Gasteiger partial charge is 0.250 e. The van der Waals surface area contributed by atoms with Crippen molar-refractivity contribution in [2.75, 3.05) is 23.9 Å². The molecule has 2 atom stereocenters. The van der Waals surface area contributed by atoms with Gasteiger partial charge in [-0.2, -0.15) is 0 Å². The van der Waals surface area contributed by atoms with Crippen LogP contribution in [0.1, 0.15) is 34.7 Å². The number of hydrogen-bond donors (Lipinski definition) is 2. The summed E-state index contributed by atoms with van der Waals surface area (Å²) in [4.78, 5) is 18.7. The van der Waals surface area contributed by atoms with E-state index in [9.17, 15) is 9.18 Å². The van der Waals surface area contributed by atoms with Gasteiger partial charge < -0.3 is 24.8 Å². The summed E-state index contributed by atoms with van der Waals surface area (Å²) in [6, 6.07) is 21.6. The quantitative estimate of drug-likeness (QED) is 0.313. The molecule has 2 aromatic carbocycles. The van der Waals surface area contributed by atoms with E-state index in [0.717, 1.165) is 34.0 Å². The van der Waals surface area contributed by atoms with E-state index in [4.69, 9.17) is 17.0 Å². The van der Waals surface area contributed by atoms with E-state index in [1.165, 1.54) is 19.2 Å². The number of pyridine rings is 1. The summed E-state index contributed by atoms with van der Waals surface area (Å²) in [6.07, 6.45) is 1.78. The second-order valence-corrected chi connectivity index (χ2v) is 9.55. The number of hydrogen-bond acceptors (Lipinski definition) is 4. The minimum atomic E-state index is -0.273. The number of benzene rings is 2. The number of nitrogens with zero attached hydrogens (tertiary/aromatic N) is 3. The average Bonchev–Trinajstić information content (AvgIpc) is 3.41. The van der Waals surface area contributed by atoms with E-state index in [-0.39, 0.29) is 30.4 Å². The molecule has 1 aliphatic rings. The predicted octanol–water partition coefficient (Wildman–Crippen LogP) is 5.39. The van der Waals surface area contributed by atoms with Crippen molar-refractivity contribution in [3.8, 4) is 5.69 Å². The van der Waals surface area contributed by atoms with E-state index in [2.05, 4.69) is 38.1 Å². The maximum Gasteiger partial charge on any atom is 0.250 e. The highest BCUT2D eigenvalue weighted by Crippen LogP contribution is 2.43. The molecule has 0 unspecified atom stereocenters. The number of carbonyl (C=O) groups excluding carboxylic acids is 1. The zero-order valence-electron chi connectivity index (χ0n) is 21.3. The lowest BCUT2D eigenvalue weighted by Gasteiger charge is -2.28. The van der Waals surface area contributed by atoms with Gasteiger partial charge >= 0.3 is 0 Å². The van der Waals surface area contributed by atoms with Crippen LogP contribution in [0.5, 0.6) is 0 Å². The van der Waals surface area contributed by atoms with E-state index in [0.29, 0.717) is 10.8 Å². The molecule has 0 saturated carbocycles. The SMILES string of the molecule is COCC(=O)Nc1ccc(N2C(=S)N[C@@H](c3ccccn3)[C@@H]2c2cc(C)n(-c3ccc(F)cc3)c2C)cc1. The van der Waals surface area contributed by atoms with Gasteiger partial charge in [-0.05, 0) is 98.4 Å². The van der Waals surface area contributed by atoms with Crippen LogP contribution in [-0.4, -0.2) is 34.3 Å². The Hall–Kier alpha value is -4.08. The van der Waals surface area contributed by atoms with Gasteiger partial charge in [-0.25, -0.2) is 4.39 Å². The first-order valence-electron chi connectivity index (χ1n) is 12.2. The number of amides is 1. The average molecular weight is 530 g/mol. The van der Waals surface area contributed by atoms with Crippen molar-refractivity contribution in [1.82, 2.24) is 14.9 Å². The lowest BCUT2D eigenvalue weighted by molar-refractivity contribution is -0.119. The van der Waals surface area contributed by atoms with Crippen molar-refractivity contribution >= 4 is 34.6 Å². The third-order valence-corrected chi connectivity index (χ3v) is 6.99. The molecule has 5 rings (SSSR count). The minimum absolute atomic E-state index is 0.0145. The number of ether oxygens (including phenoxy) is 1. The zero-order valence-corrected chi connectivity index (χ0v) is 22.1. The monoisotopic (exact) mass is 529 g/mol. The molecule has 0 radical (unpaired) electrons. The van der Waals surface area contributed by atoms with Crippen molar-refractivity contribution in [3.05, 3.63) is 107 Å². The minimum Gasteiger partial charge on any atom is -0.375 e. The van der Waals surface area contributed by atoms with Gasteiger partial charge in [0.15, 0.2) is 5.11 Å². The molecule has 9 heteroatoms. The number of methoxy groups -OCH3 is 1. The van der Waals surface area contributed by atoms with Crippen molar-refractivity contribution in [1.29, 1.82) is 0 Å². The second kappa shape index (κ2) is 10.7. The number of carbonyl (C=O) groups is 1. The fourth-order valence-corrected chi connectivity index (χ4v) is 5.40. The summed E-state index contributed by atoms with van der Waals surface area (Å²) in [5.41, 5.74) is 6.43. The second-order valence-electron chi connectivity index (χ2n) is 9.16. The molecular formula is C29H28FN5O2S. The van der Waals surface area contributed by atoms with Crippen LogP contribution < -0.4 is 15.5 Å². The van der Waals surface area contributed by atoms with Gasteiger partial charge in [0.25, 0.3) is 0 Å². The molecule has 1 amide bonds. The van der Waals surface area contributed by atoms with Crippen molar-refractivity contribution < 1.29 is 13.9 Å². The molecule has 7 nitrogen and oxygen atoms in total. The molecule has 0 aliphatic carbocycles. The summed E-state index contributed by atoms with van der Waals surface area (Å²) >= 11 is 5.86. The van der Waals surface area contributed by atoms with Gasteiger partial charge in [-0.3, -0.25) is 9.78 Å². The largest absolute Gasteiger partial charge is 0.375 e. The van der Waals surface area contributed by atoms with Gasteiger partial charge in [-0.15, -0.1) is 0 Å². The molecule has 1 aliphatic heterocycles. The van der Waals surface area contributed by atoms with Gasteiger partial charge in [0.05, 0.1) is 17.8 Å². The Morgan fingerprint density at radius 3 is 2.45 bits per heavy atom. The van der Waals surface area contributed by atoms with Crippen molar-refractivity contribution in [2.45, 2.75) is 25.9 Å². The van der Waals surface area contributed by atoms with Crippen LogP contribution in [0, 0.1) is 19.7 Å². The summed E-state index contributed by atoms with van der Waals surface area (Å²) in [7, 11) is 1.48. The normalized spacial score (nSPS) is 16.9. The van der Waals surface area contributed by atoms with E-state index in [1.807, 2.05) is 49.4 Å². The van der Waals surface area contributed by atoms with Gasteiger partial charge in [0.2, 0.25) is 5.91 Å². The molecule has 0 spiro atoms. The van der Waals surface area contributed by atoms with Gasteiger partial charge in [0.1, 0.15) is 12.4 Å². The fourth-order valence-electron chi connectivity index (χ4n) is 5.06. The van der Waals surface area contributed by atoms with Crippen LogP contribution in [0.3, 0.4) is 0 Å². The Kier molecular flexibility index (Phi) is 7.22. The molecule has 2 aromatic heterocycles. The number of anilines is 2. The lowest BCUT2D eigenvalue weighted by atomic mass is 9.96. The molecule has 194 valence electrons. The maximum atomic E-state index is 13.6. The van der Waals surface area contributed by atoms with Crippen LogP contribution in [0.25, 0.3) is 5.69 Å². The molecule has 0 bridgehead atoms. The van der Waals surface area contributed by atoms with Gasteiger partial charge in [0, 0.05) is 41.8 Å². The van der Waals surface area contributed by atoms with E-state index in [1.54, 1.807) is 18.3 Å². The summed E-state index contributed by atoms with van der Waals surface area (Å²) in [5.74, 6) is -0.495. The summed E-state index contributed by atoms with van der Waals surface area (Å²) in [5, 5.41) is 6.88. The van der Waals surface area contributed by atoms with Gasteiger partial charge in [-0.1, -0.05) is 6.07 Å².